The molecule has 1 unspecified atom stereocenters. The van der Waals surface area contributed by atoms with Crippen molar-refractivity contribution in [1.82, 2.24) is 4.90 Å². The molecule has 4 heteroatoms. The van der Waals surface area contributed by atoms with Gasteiger partial charge in [-0.2, -0.15) is 0 Å². The van der Waals surface area contributed by atoms with E-state index in [1.54, 1.807) is 0 Å². The first kappa shape index (κ1) is 16.3. The van der Waals surface area contributed by atoms with Gasteiger partial charge in [0.1, 0.15) is 0 Å². The molecule has 0 amide bonds. The predicted molar refractivity (Wildman–Crippen MR) is 84.7 cm³/mol. The number of rotatable bonds is 1. The van der Waals surface area contributed by atoms with Crippen molar-refractivity contribution in [2.75, 3.05) is 11.5 Å². The van der Waals surface area contributed by atoms with Gasteiger partial charge in [-0.05, 0) is 51.9 Å². The Kier molecular flexibility index (Phi) is 3.83. The Balaban J connectivity index is 2.30. The molecule has 2 fully saturated rings. The van der Waals surface area contributed by atoms with Crippen LogP contribution in [0.5, 0.6) is 0 Å². The third-order valence-electron chi connectivity index (χ3n) is 4.60. The van der Waals surface area contributed by atoms with Crippen molar-refractivity contribution in [2.24, 2.45) is 5.41 Å². The Labute approximate surface area is 125 Å². The summed E-state index contributed by atoms with van der Waals surface area (Å²) in [5.74, 6) is 0.746. The van der Waals surface area contributed by atoms with E-state index in [1.165, 1.54) is 12.8 Å². The van der Waals surface area contributed by atoms with Gasteiger partial charge in [-0.15, -0.1) is 0 Å². The Morgan fingerprint density at radius 2 is 1.65 bits per heavy atom. The fraction of sp³-hybridized carbons (Fsp3) is 1.00. The molecule has 2 aliphatic heterocycles. The molecule has 0 bridgehead atoms. The molecule has 0 N–H and O–H groups in total. The van der Waals surface area contributed by atoms with Crippen LogP contribution in [0.4, 0.5) is 0 Å². The van der Waals surface area contributed by atoms with Crippen LogP contribution < -0.4 is 0 Å². The summed E-state index contributed by atoms with van der Waals surface area (Å²) in [6.45, 7) is 13.6. The van der Waals surface area contributed by atoms with Crippen molar-refractivity contribution in [1.29, 1.82) is 0 Å². The Hall–Kier alpha value is -0.0900. The number of hydrogen-bond donors (Lipinski definition) is 0. The lowest BCUT2D eigenvalue weighted by atomic mass is 9.76. The zero-order chi connectivity index (χ0) is 15.4. The second-order valence-electron chi connectivity index (χ2n) is 9.11. The largest absolute Gasteiger partial charge is 0.288 e. The fourth-order valence-corrected chi connectivity index (χ4v) is 6.64. The van der Waals surface area contributed by atoms with Crippen molar-refractivity contribution >= 4 is 9.84 Å². The molecule has 2 heterocycles. The first-order valence-electron chi connectivity index (χ1n) is 7.85. The van der Waals surface area contributed by atoms with Crippen LogP contribution in [0.15, 0.2) is 0 Å². The topological polar surface area (TPSA) is 37.4 Å². The Morgan fingerprint density at radius 3 is 2.05 bits per heavy atom. The normalized spacial score (nSPS) is 30.2. The van der Waals surface area contributed by atoms with E-state index >= 15 is 0 Å². The standard InChI is InChI=1S/C16H31NO2S/c1-14(2,3)10-13-8-7-9-16(11-20(18,19)12-16)17(13)15(4,5)6/h13H,7-12H2,1-6H3. The summed E-state index contributed by atoms with van der Waals surface area (Å²) < 4.78 is 23.6. The highest BCUT2D eigenvalue weighted by Crippen LogP contribution is 2.46. The minimum atomic E-state index is -2.79. The molecule has 0 aromatic carbocycles. The van der Waals surface area contributed by atoms with E-state index in [9.17, 15) is 8.42 Å². The monoisotopic (exact) mass is 301 g/mol. The van der Waals surface area contributed by atoms with Crippen molar-refractivity contribution in [3.05, 3.63) is 0 Å². The minimum Gasteiger partial charge on any atom is -0.288 e. The molecule has 20 heavy (non-hydrogen) atoms. The number of sulfone groups is 1. The van der Waals surface area contributed by atoms with Crippen LogP contribution in [0.1, 0.15) is 67.2 Å². The highest BCUT2D eigenvalue weighted by molar-refractivity contribution is 7.93. The molecule has 2 aliphatic rings. The summed E-state index contributed by atoms with van der Waals surface area (Å²) in [5, 5.41) is 0. The van der Waals surface area contributed by atoms with Crippen LogP contribution in [0.25, 0.3) is 0 Å². The molecule has 1 atom stereocenters. The zero-order valence-electron chi connectivity index (χ0n) is 14.0. The van der Waals surface area contributed by atoms with E-state index in [0.29, 0.717) is 17.5 Å². The zero-order valence-corrected chi connectivity index (χ0v) is 14.8. The lowest BCUT2D eigenvalue weighted by molar-refractivity contribution is -0.0626. The van der Waals surface area contributed by atoms with Gasteiger partial charge in [0, 0.05) is 17.1 Å². The number of nitrogens with zero attached hydrogens (tertiary/aromatic N) is 1. The van der Waals surface area contributed by atoms with E-state index in [0.717, 1.165) is 12.8 Å². The minimum absolute atomic E-state index is 0.0340. The van der Waals surface area contributed by atoms with Gasteiger partial charge >= 0.3 is 0 Å². The van der Waals surface area contributed by atoms with E-state index in [1.807, 2.05) is 0 Å². The van der Waals surface area contributed by atoms with Gasteiger partial charge in [-0.3, -0.25) is 4.90 Å². The Morgan fingerprint density at radius 1 is 1.10 bits per heavy atom. The van der Waals surface area contributed by atoms with Crippen molar-refractivity contribution in [2.45, 2.75) is 84.3 Å². The van der Waals surface area contributed by atoms with E-state index in [-0.39, 0.29) is 16.5 Å². The third kappa shape index (κ3) is 3.22. The maximum atomic E-state index is 11.8. The molecule has 0 radical (unpaired) electrons. The van der Waals surface area contributed by atoms with Gasteiger partial charge in [-0.25, -0.2) is 8.42 Å². The molecule has 0 aromatic rings. The van der Waals surface area contributed by atoms with E-state index in [4.69, 9.17) is 0 Å². The SMILES string of the molecule is CC(C)(C)CC1CCCC2(CS(=O)(=O)C2)N1C(C)(C)C. The van der Waals surface area contributed by atoms with Gasteiger partial charge < -0.3 is 0 Å². The summed E-state index contributed by atoms with van der Waals surface area (Å²) in [6.07, 6.45) is 4.56. The molecule has 2 saturated heterocycles. The summed E-state index contributed by atoms with van der Waals surface area (Å²) in [7, 11) is -2.79. The quantitative estimate of drug-likeness (QED) is 0.746. The van der Waals surface area contributed by atoms with Gasteiger partial charge in [0.05, 0.1) is 11.5 Å². The van der Waals surface area contributed by atoms with Gasteiger partial charge in [0.25, 0.3) is 0 Å². The van der Waals surface area contributed by atoms with E-state index < -0.39 is 9.84 Å². The first-order valence-corrected chi connectivity index (χ1v) is 9.67. The van der Waals surface area contributed by atoms with Gasteiger partial charge in [0.15, 0.2) is 9.84 Å². The molecule has 1 spiro atoms. The van der Waals surface area contributed by atoms with E-state index in [2.05, 4.69) is 46.4 Å². The molecular weight excluding hydrogens is 270 g/mol. The molecule has 118 valence electrons. The summed E-state index contributed by atoms with van der Waals surface area (Å²) in [4.78, 5) is 2.57. The van der Waals surface area contributed by atoms with Crippen molar-refractivity contribution in [3.63, 3.8) is 0 Å². The second-order valence-corrected chi connectivity index (χ2v) is 11.2. The number of piperidine rings is 1. The van der Waals surface area contributed by atoms with Crippen molar-refractivity contribution < 1.29 is 8.42 Å². The summed E-state index contributed by atoms with van der Waals surface area (Å²) in [5.41, 5.74) is 0.243. The van der Waals surface area contributed by atoms with Gasteiger partial charge in [0.2, 0.25) is 0 Å². The lowest BCUT2D eigenvalue weighted by Crippen LogP contribution is -2.73. The highest BCUT2D eigenvalue weighted by Gasteiger charge is 2.58. The second kappa shape index (κ2) is 4.70. The van der Waals surface area contributed by atoms with Crippen LogP contribution in [-0.2, 0) is 9.84 Å². The number of hydrogen-bond acceptors (Lipinski definition) is 3. The first-order chi connectivity index (χ1) is 8.85. The average molecular weight is 301 g/mol. The van der Waals surface area contributed by atoms with Crippen LogP contribution in [-0.4, -0.2) is 41.9 Å². The fourth-order valence-electron chi connectivity index (χ4n) is 4.52. The molecule has 0 saturated carbocycles. The summed E-state index contributed by atoms with van der Waals surface area (Å²) >= 11 is 0. The molecule has 3 nitrogen and oxygen atoms in total. The molecule has 0 aromatic heterocycles. The predicted octanol–water partition coefficient (Wildman–Crippen LogP) is 3.24. The van der Waals surface area contributed by atoms with Crippen LogP contribution >= 0.6 is 0 Å². The molecule has 0 aliphatic carbocycles. The van der Waals surface area contributed by atoms with Gasteiger partial charge in [-0.1, -0.05) is 20.8 Å². The smallest absolute Gasteiger partial charge is 0.154 e. The summed E-state index contributed by atoms with van der Waals surface area (Å²) in [6, 6.07) is 0.513. The van der Waals surface area contributed by atoms with Crippen LogP contribution in [0.3, 0.4) is 0 Å². The highest BCUT2D eigenvalue weighted by atomic mass is 32.2. The average Bonchev–Trinajstić information content (AvgIpc) is 2.08. The van der Waals surface area contributed by atoms with Crippen LogP contribution in [0, 0.1) is 5.41 Å². The lowest BCUT2D eigenvalue weighted by Gasteiger charge is -2.61. The maximum Gasteiger partial charge on any atom is 0.154 e. The molecule has 2 rings (SSSR count). The maximum absolute atomic E-state index is 11.8. The molecular formula is C16H31NO2S. The van der Waals surface area contributed by atoms with Crippen molar-refractivity contribution in [3.8, 4) is 0 Å². The van der Waals surface area contributed by atoms with Crippen LogP contribution in [0.2, 0.25) is 0 Å². The Bertz CT molecular complexity index is 456. The number of likely N-dealkylation sites (tertiary alicyclic amines) is 1. The third-order valence-corrected chi connectivity index (χ3v) is 6.56.